The fraction of sp³-hybridized carbons (Fsp3) is 0.500. The summed E-state index contributed by atoms with van der Waals surface area (Å²) >= 11 is 6.03. The van der Waals surface area contributed by atoms with Gasteiger partial charge in [-0.3, -0.25) is 10.1 Å². The van der Waals surface area contributed by atoms with Crippen molar-refractivity contribution in [1.29, 1.82) is 0 Å². The van der Waals surface area contributed by atoms with Gasteiger partial charge in [0.25, 0.3) is 0 Å². The maximum Gasteiger partial charge on any atom is 0.321 e. The highest BCUT2D eigenvalue weighted by molar-refractivity contribution is 6.31. The lowest BCUT2D eigenvalue weighted by Gasteiger charge is -2.19. The van der Waals surface area contributed by atoms with Gasteiger partial charge in [0.05, 0.1) is 11.8 Å². The van der Waals surface area contributed by atoms with E-state index in [-0.39, 0.29) is 6.10 Å². The molecule has 0 radical (unpaired) electrons. The first-order valence-electron chi connectivity index (χ1n) is 7.82. The number of imide groups is 1. The van der Waals surface area contributed by atoms with Gasteiger partial charge in [0, 0.05) is 18.7 Å². The predicted molar refractivity (Wildman–Crippen MR) is 91.6 cm³/mol. The van der Waals surface area contributed by atoms with Crippen molar-refractivity contribution in [3.05, 3.63) is 23.2 Å². The van der Waals surface area contributed by atoms with Gasteiger partial charge in [-0.25, -0.2) is 4.79 Å². The third-order valence-electron chi connectivity index (χ3n) is 3.62. The summed E-state index contributed by atoms with van der Waals surface area (Å²) in [6, 6.07) is 3.92. The third kappa shape index (κ3) is 5.28. The number of nitrogens with one attached hydrogen (secondary N) is 3. The van der Waals surface area contributed by atoms with Crippen molar-refractivity contribution < 1.29 is 19.1 Å². The standard InChI is InChI=1S/C16H22ClN3O4/c1-10(15(21)20-16(22)18-2)19-13-8-11(17)5-6-14(13)24-9-12-4-3-7-23-12/h5-6,8,10,12,19H,3-4,7,9H2,1-2H3,(H2,18,20,21,22)/t10-,12+/m1/s1. The van der Waals surface area contributed by atoms with Gasteiger partial charge in [0.1, 0.15) is 18.4 Å². The summed E-state index contributed by atoms with van der Waals surface area (Å²) in [5.74, 6) is 0.119. The van der Waals surface area contributed by atoms with E-state index in [1.165, 1.54) is 7.05 Å². The number of hydrogen-bond acceptors (Lipinski definition) is 5. The molecule has 3 amide bonds. The molecule has 0 unspecified atom stereocenters. The maximum atomic E-state index is 12.0. The number of carbonyl (C=O) groups is 2. The summed E-state index contributed by atoms with van der Waals surface area (Å²) in [5.41, 5.74) is 0.583. The van der Waals surface area contributed by atoms with Crippen LogP contribution in [-0.2, 0) is 9.53 Å². The second kappa shape index (κ2) is 8.75. The van der Waals surface area contributed by atoms with Crippen LogP contribution in [0.15, 0.2) is 18.2 Å². The van der Waals surface area contributed by atoms with Crippen LogP contribution in [0.1, 0.15) is 19.8 Å². The molecule has 1 heterocycles. The normalized spacial score (nSPS) is 17.9. The van der Waals surface area contributed by atoms with Crippen LogP contribution in [0.2, 0.25) is 5.02 Å². The fourth-order valence-corrected chi connectivity index (χ4v) is 2.45. The molecule has 1 aliphatic rings. The van der Waals surface area contributed by atoms with Crippen LogP contribution in [0, 0.1) is 0 Å². The van der Waals surface area contributed by atoms with Gasteiger partial charge in [-0.15, -0.1) is 0 Å². The Morgan fingerprint density at radius 2 is 2.25 bits per heavy atom. The molecule has 1 fully saturated rings. The molecular weight excluding hydrogens is 334 g/mol. The lowest BCUT2D eigenvalue weighted by molar-refractivity contribution is -0.120. The highest BCUT2D eigenvalue weighted by atomic mass is 35.5. The molecule has 0 spiro atoms. The smallest absolute Gasteiger partial charge is 0.321 e. The molecule has 1 aliphatic heterocycles. The molecule has 2 rings (SSSR count). The highest BCUT2D eigenvalue weighted by Gasteiger charge is 2.19. The Morgan fingerprint density at radius 3 is 2.92 bits per heavy atom. The van der Waals surface area contributed by atoms with E-state index in [9.17, 15) is 9.59 Å². The lowest BCUT2D eigenvalue weighted by Crippen LogP contribution is -2.44. The Labute approximate surface area is 146 Å². The molecule has 1 saturated heterocycles. The summed E-state index contributed by atoms with van der Waals surface area (Å²) in [6.45, 7) is 2.84. The van der Waals surface area contributed by atoms with E-state index in [0.29, 0.717) is 23.1 Å². The minimum absolute atomic E-state index is 0.0856. The molecule has 132 valence electrons. The molecule has 3 N–H and O–H groups in total. The summed E-state index contributed by atoms with van der Waals surface area (Å²) in [5, 5.41) is 8.07. The maximum absolute atomic E-state index is 12.0. The van der Waals surface area contributed by atoms with Crippen LogP contribution in [0.4, 0.5) is 10.5 Å². The van der Waals surface area contributed by atoms with Gasteiger partial charge in [-0.2, -0.15) is 0 Å². The average molecular weight is 356 g/mol. The molecule has 0 aliphatic carbocycles. The van der Waals surface area contributed by atoms with E-state index in [4.69, 9.17) is 21.1 Å². The molecule has 2 atom stereocenters. The Hall–Kier alpha value is -1.99. The van der Waals surface area contributed by atoms with Crippen molar-refractivity contribution in [1.82, 2.24) is 10.6 Å². The number of rotatable bonds is 6. The first kappa shape index (κ1) is 18.4. The number of hydrogen-bond donors (Lipinski definition) is 3. The summed E-state index contributed by atoms with van der Waals surface area (Å²) < 4.78 is 11.3. The van der Waals surface area contributed by atoms with E-state index in [0.717, 1.165) is 19.4 Å². The number of carbonyl (C=O) groups excluding carboxylic acids is 2. The van der Waals surface area contributed by atoms with Crippen LogP contribution in [0.3, 0.4) is 0 Å². The number of anilines is 1. The lowest BCUT2D eigenvalue weighted by atomic mass is 10.2. The number of halogens is 1. The van der Waals surface area contributed by atoms with Gasteiger partial charge in [-0.1, -0.05) is 11.6 Å². The molecule has 0 saturated carbocycles. The minimum Gasteiger partial charge on any atom is -0.489 e. The zero-order chi connectivity index (χ0) is 17.5. The van der Waals surface area contributed by atoms with Crippen molar-refractivity contribution in [2.24, 2.45) is 0 Å². The second-order valence-corrected chi connectivity index (χ2v) is 5.96. The fourth-order valence-electron chi connectivity index (χ4n) is 2.28. The van der Waals surface area contributed by atoms with E-state index >= 15 is 0 Å². The summed E-state index contributed by atoms with van der Waals surface area (Å²) in [4.78, 5) is 23.2. The molecule has 24 heavy (non-hydrogen) atoms. The SMILES string of the molecule is CNC(=O)NC(=O)[C@@H](C)Nc1cc(Cl)ccc1OC[C@@H]1CCCO1. The quantitative estimate of drug-likeness (QED) is 0.727. The van der Waals surface area contributed by atoms with Crippen molar-refractivity contribution in [3.8, 4) is 5.75 Å². The summed E-state index contributed by atoms with van der Waals surface area (Å²) in [6.07, 6.45) is 2.10. The minimum atomic E-state index is -0.647. The molecule has 1 aromatic rings. The van der Waals surface area contributed by atoms with E-state index in [2.05, 4.69) is 16.0 Å². The first-order valence-corrected chi connectivity index (χ1v) is 8.20. The Balaban J connectivity index is 2.00. The number of ether oxygens (including phenoxy) is 2. The Bertz CT molecular complexity index is 591. The number of amides is 3. The monoisotopic (exact) mass is 355 g/mol. The van der Waals surface area contributed by atoms with Crippen LogP contribution < -0.4 is 20.7 Å². The van der Waals surface area contributed by atoms with E-state index < -0.39 is 18.0 Å². The van der Waals surface area contributed by atoms with Crippen molar-refractivity contribution in [2.75, 3.05) is 25.6 Å². The van der Waals surface area contributed by atoms with Crippen LogP contribution in [0.5, 0.6) is 5.75 Å². The van der Waals surface area contributed by atoms with Crippen LogP contribution in [-0.4, -0.2) is 44.3 Å². The van der Waals surface area contributed by atoms with Crippen molar-refractivity contribution in [2.45, 2.75) is 31.9 Å². The largest absolute Gasteiger partial charge is 0.489 e. The molecule has 1 aromatic carbocycles. The molecule has 0 bridgehead atoms. The topological polar surface area (TPSA) is 88.7 Å². The highest BCUT2D eigenvalue weighted by Crippen LogP contribution is 2.29. The average Bonchev–Trinajstić information content (AvgIpc) is 3.07. The van der Waals surface area contributed by atoms with Crippen molar-refractivity contribution in [3.63, 3.8) is 0 Å². The van der Waals surface area contributed by atoms with Gasteiger partial charge >= 0.3 is 6.03 Å². The van der Waals surface area contributed by atoms with Gasteiger partial charge < -0.3 is 20.1 Å². The zero-order valence-electron chi connectivity index (χ0n) is 13.7. The van der Waals surface area contributed by atoms with Crippen molar-refractivity contribution >= 4 is 29.2 Å². The number of urea groups is 1. The second-order valence-electron chi connectivity index (χ2n) is 5.52. The predicted octanol–water partition coefficient (Wildman–Crippen LogP) is 2.15. The Morgan fingerprint density at radius 1 is 1.46 bits per heavy atom. The third-order valence-corrected chi connectivity index (χ3v) is 3.85. The van der Waals surface area contributed by atoms with Gasteiger partial charge in [0.15, 0.2) is 0 Å². The summed E-state index contributed by atoms with van der Waals surface area (Å²) in [7, 11) is 1.44. The number of benzene rings is 1. The zero-order valence-corrected chi connectivity index (χ0v) is 14.5. The van der Waals surface area contributed by atoms with E-state index in [1.807, 2.05) is 0 Å². The van der Waals surface area contributed by atoms with Gasteiger partial charge in [-0.05, 0) is 38.0 Å². The van der Waals surface area contributed by atoms with Crippen LogP contribution >= 0.6 is 11.6 Å². The molecule has 8 heteroatoms. The molecule has 0 aromatic heterocycles. The molecular formula is C16H22ClN3O4. The van der Waals surface area contributed by atoms with E-state index in [1.54, 1.807) is 25.1 Å². The molecule has 7 nitrogen and oxygen atoms in total. The Kier molecular flexibility index (Phi) is 6.69. The van der Waals surface area contributed by atoms with Gasteiger partial charge in [0.2, 0.25) is 5.91 Å². The van der Waals surface area contributed by atoms with Crippen LogP contribution in [0.25, 0.3) is 0 Å². The first-order chi connectivity index (χ1) is 11.5.